The molecule has 29 heteroatoms. The second-order valence-corrected chi connectivity index (χ2v) is 26.1. The van der Waals surface area contributed by atoms with Gasteiger partial charge in [0.25, 0.3) is 17.3 Å². The summed E-state index contributed by atoms with van der Waals surface area (Å²) in [5, 5.41) is 29.4. The second-order valence-electron chi connectivity index (χ2n) is 14.7. The molecule has 0 aliphatic rings. The number of ether oxygens (including phenoxy) is 3. The number of hydrogen-bond acceptors (Lipinski definition) is 19. The summed E-state index contributed by atoms with van der Waals surface area (Å²) in [6, 6.07) is 22.0. The average Bonchev–Trinajstić information content (AvgIpc) is 3.40. The van der Waals surface area contributed by atoms with Crippen LogP contribution in [0, 0.1) is 64.0 Å². The number of aromatic carboxylic acids is 1. The molecule has 0 bridgehead atoms. The molecule has 0 aliphatic heterocycles. The summed E-state index contributed by atoms with van der Waals surface area (Å²) in [5.74, 6) is 6.21. The number of nitro benzene ring substituents is 2. The van der Waals surface area contributed by atoms with Crippen molar-refractivity contribution in [2.75, 3.05) is 58.5 Å². The molecule has 2 radical (unpaired) electrons. The minimum atomic E-state index is -1.22. The number of methoxy groups -OCH3 is 3. The van der Waals surface area contributed by atoms with Crippen LogP contribution in [-0.2, 0) is 23.9 Å². The van der Waals surface area contributed by atoms with Gasteiger partial charge in [-0.3, -0.25) is 29.9 Å². The Bertz CT molecular complexity index is 2970. The normalized spacial score (nSPS) is 8.60. The van der Waals surface area contributed by atoms with Crippen LogP contribution in [0.3, 0.4) is 0 Å². The van der Waals surface area contributed by atoms with Crippen LogP contribution in [0.1, 0.15) is 100 Å². The third kappa shape index (κ3) is 38.5. The first-order valence-electron chi connectivity index (χ1n) is 20.7. The average molecular weight is 1550 g/mol. The predicted octanol–water partition coefficient (Wildman–Crippen LogP) is 11.3. The number of carbonyl (C=O) groups excluding carboxylic acids is 4. The monoisotopic (exact) mass is 1550 g/mol. The SMILES string of the molecule is C.C.C.C.C.C#C[Si](C)(C)C.C#Cc1ccc(C(=O)NOC)cc1N.C#Cc1ccc(C(=O)OC)cc1N.COC(=O)c1ccc(I)c(N)c1.COC(=O)c1ccc(I)c([N+](=O)[O-])c1.CON.Nc1ccc(C(=O)O)cc1[N+](=O)[O-].[Cl][Sn][Cl]. The topological polar surface area (TPSA) is 380 Å². The van der Waals surface area contributed by atoms with Crippen molar-refractivity contribution in [2.45, 2.75) is 56.8 Å². The Kier molecular flexibility index (Phi) is 56.6. The van der Waals surface area contributed by atoms with Gasteiger partial charge in [-0.1, -0.05) is 68.6 Å². The molecule has 0 saturated heterocycles. The van der Waals surface area contributed by atoms with E-state index >= 15 is 0 Å². The molecule has 456 valence electrons. The summed E-state index contributed by atoms with van der Waals surface area (Å²) in [7, 11) is 15.4. The van der Waals surface area contributed by atoms with Gasteiger partial charge in [0, 0.05) is 49.5 Å². The van der Waals surface area contributed by atoms with Gasteiger partial charge in [0.2, 0.25) is 0 Å². The van der Waals surface area contributed by atoms with E-state index in [4.69, 9.17) is 65.2 Å². The molecule has 0 fully saturated rings. The Morgan fingerprint density at radius 1 is 0.578 bits per heavy atom. The number of amides is 1. The zero-order chi connectivity index (χ0) is 60.9. The fraction of sp³-hybridized carbons (Fsp3) is 0.241. The number of hydroxylamine groups is 1. The number of carboxylic acids is 1. The zero-order valence-electron chi connectivity index (χ0n) is 42.8. The van der Waals surface area contributed by atoms with Crippen molar-refractivity contribution in [1.29, 1.82) is 0 Å². The first-order valence-corrected chi connectivity index (χ1v) is 33.6. The van der Waals surface area contributed by atoms with E-state index in [0.29, 0.717) is 48.4 Å². The molecular weight excluding hydrogens is 1470 g/mol. The van der Waals surface area contributed by atoms with Crippen molar-refractivity contribution in [3.63, 3.8) is 0 Å². The second kappa shape index (κ2) is 50.8. The van der Waals surface area contributed by atoms with Gasteiger partial charge in [0.15, 0.2) is 0 Å². The van der Waals surface area contributed by atoms with Crippen LogP contribution >= 0.6 is 63.0 Å². The molecular formula is C54H74Cl2I2N8O15SiSn. The molecule has 23 nitrogen and oxygen atoms in total. The molecule has 0 unspecified atom stereocenters. The van der Waals surface area contributed by atoms with Crippen LogP contribution in [0.25, 0.3) is 0 Å². The van der Waals surface area contributed by atoms with Gasteiger partial charge < -0.3 is 47.1 Å². The van der Waals surface area contributed by atoms with Crippen molar-refractivity contribution in [3.8, 4) is 36.7 Å². The summed E-state index contributed by atoms with van der Waals surface area (Å²) in [5.41, 5.74) is 30.3. The van der Waals surface area contributed by atoms with Crippen LogP contribution < -0.4 is 34.3 Å². The summed E-state index contributed by atoms with van der Waals surface area (Å²) < 4.78 is 14.9. The number of nitrogens with one attached hydrogen (secondary N) is 1. The molecule has 5 aromatic carbocycles. The summed E-state index contributed by atoms with van der Waals surface area (Å²) in [6.07, 6.45) is 15.5. The van der Waals surface area contributed by atoms with Crippen LogP contribution in [0.4, 0.5) is 34.1 Å². The molecule has 0 heterocycles. The van der Waals surface area contributed by atoms with E-state index in [1.807, 2.05) is 22.6 Å². The maximum absolute atomic E-state index is 11.3. The third-order valence-corrected chi connectivity index (χ3v) is 10.9. The number of nitrogen functional groups attached to an aromatic ring is 4. The fourth-order valence-corrected chi connectivity index (χ4v) is 5.31. The molecule has 1 amide bonds. The number of halogens is 4. The number of benzene rings is 5. The summed E-state index contributed by atoms with van der Waals surface area (Å²) >= 11 is 3.11. The molecule has 0 aromatic heterocycles. The Balaban J connectivity index is -0.000000133. The summed E-state index contributed by atoms with van der Waals surface area (Å²) in [6.45, 7) is 6.44. The van der Waals surface area contributed by atoms with Crippen LogP contribution in [0.2, 0.25) is 19.6 Å². The number of carbonyl (C=O) groups is 5. The van der Waals surface area contributed by atoms with E-state index in [1.54, 1.807) is 42.5 Å². The standard InChI is InChI=1S/C10H10N2O2.C10H9NO2.C8H6INO4.C8H8INO2.C7H6N2O4.C5H10Si.CH5NO.5CH4.2ClH.Sn/c1-3-7-4-5-8(6-9(7)11)10(13)12-14-2;1-3-7-4-5-8(6-9(7)11)10(12)13-2;1-14-8(11)5-2-3-6(9)7(4-5)10(12)13;1-12-8(11)5-2-3-6(9)7(10)4-5;8-5-2-1-4(7(10)11)3-6(5)9(12)13;1-5-6(2,3)4;1-3-2;;;;;;;;/h1,4-6H,11H2,2H3,(H,12,13);1,4-6H,11H2,2H3;2-4H,1H3;2-4H,10H2,1H3;1-3H,8H2,(H,10,11);1H,2-4H3;2H2,1H3;5*1H4;2*1H;/q;;;;;;;;;;;;;;+2/p-2. The Morgan fingerprint density at radius 2 is 0.892 bits per heavy atom. The Labute approximate surface area is 532 Å². The zero-order valence-corrected chi connectivity index (χ0v) is 52.5. The fourth-order valence-electron chi connectivity index (χ4n) is 4.45. The number of rotatable bonds is 8. The number of carboxylic acid groups (broad SMARTS) is 1. The number of nitro groups is 2. The molecule has 5 aromatic rings. The number of terminal acetylenes is 3. The molecule has 12 N–H and O–H groups in total. The van der Waals surface area contributed by atoms with Crippen LogP contribution in [0.5, 0.6) is 0 Å². The number of hydrogen-bond donors (Lipinski definition) is 7. The summed E-state index contributed by atoms with van der Waals surface area (Å²) in [4.78, 5) is 82.6. The number of esters is 3. The van der Waals surface area contributed by atoms with Gasteiger partial charge in [-0.2, -0.15) is 0 Å². The molecule has 0 atom stereocenters. The van der Waals surface area contributed by atoms with Crippen LogP contribution in [-0.4, -0.2) is 107 Å². The van der Waals surface area contributed by atoms with Crippen molar-refractivity contribution >= 4 is 154 Å². The molecule has 5 rings (SSSR count). The Morgan fingerprint density at radius 3 is 1.20 bits per heavy atom. The molecule has 0 spiro atoms. The van der Waals surface area contributed by atoms with E-state index in [1.165, 1.54) is 78.0 Å². The quantitative estimate of drug-likeness (QED) is 0.0111. The number of nitrogens with zero attached hydrogens (tertiary/aromatic N) is 2. The van der Waals surface area contributed by atoms with Crippen molar-refractivity contribution in [1.82, 2.24) is 5.48 Å². The Hall–Kier alpha value is -6.93. The van der Waals surface area contributed by atoms with Gasteiger partial charge in [-0.15, -0.1) is 24.8 Å². The first-order chi connectivity index (χ1) is 36.5. The van der Waals surface area contributed by atoms with Crippen LogP contribution in [0.15, 0.2) is 91.0 Å². The van der Waals surface area contributed by atoms with Gasteiger partial charge >= 0.3 is 60.6 Å². The van der Waals surface area contributed by atoms with E-state index < -0.39 is 54.7 Å². The van der Waals surface area contributed by atoms with E-state index in [2.05, 4.69) is 94.9 Å². The molecule has 0 aliphatic carbocycles. The number of nitrogens with two attached hydrogens (primary N) is 5. The molecule has 83 heavy (non-hydrogen) atoms. The molecule has 0 saturated carbocycles. The van der Waals surface area contributed by atoms with Crippen molar-refractivity contribution in [3.05, 3.63) is 157 Å². The van der Waals surface area contributed by atoms with E-state index in [-0.39, 0.29) is 77.2 Å². The third-order valence-electron chi connectivity index (χ3n) is 8.18. The van der Waals surface area contributed by atoms with Gasteiger partial charge in [-0.25, -0.2) is 30.6 Å². The van der Waals surface area contributed by atoms with Crippen molar-refractivity contribution in [2.24, 2.45) is 5.90 Å². The predicted molar refractivity (Wildman–Crippen MR) is 354 cm³/mol. The van der Waals surface area contributed by atoms with Gasteiger partial charge in [0.1, 0.15) is 13.8 Å². The van der Waals surface area contributed by atoms with Gasteiger partial charge in [-0.05, 0) is 124 Å². The van der Waals surface area contributed by atoms with E-state index in [9.17, 15) is 44.2 Å². The van der Waals surface area contributed by atoms with Crippen molar-refractivity contribution < 1.29 is 62.8 Å². The minimum absolute atomic E-state index is 0. The first kappa shape index (κ1) is 92.5. The maximum atomic E-state index is 11.3. The van der Waals surface area contributed by atoms with Gasteiger partial charge in [0.05, 0.1) is 71.2 Å². The van der Waals surface area contributed by atoms with E-state index in [0.717, 1.165) is 9.64 Å². The number of anilines is 4.